The normalized spacial score (nSPS) is 17.5. The fraction of sp³-hybridized carbons (Fsp3) is 0.520. The summed E-state index contributed by atoms with van der Waals surface area (Å²) >= 11 is 0. The van der Waals surface area contributed by atoms with Crippen molar-refractivity contribution >= 4 is 0 Å². The number of benzene rings is 2. The van der Waals surface area contributed by atoms with Crippen LogP contribution in [-0.2, 0) is 12.0 Å². The van der Waals surface area contributed by atoms with Gasteiger partial charge in [-0.1, -0.05) is 68.8 Å². The number of aryl methyl sites for hydroxylation is 1. The summed E-state index contributed by atoms with van der Waals surface area (Å²) in [5, 5.41) is 10.8. The van der Waals surface area contributed by atoms with Crippen LogP contribution in [-0.4, -0.2) is 41.9 Å². The zero-order valence-electron chi connectivity index (χ0n) is 17.9. The van der Waals surface area contributed by atoms with Crippen molar-refractivity contribution < 1.29 is 14.3 Å². The maximum atomic E-state index is 10.8. The summed E-state index contributed by atoms with van der Waals surface area (Å²) in [7, 11) is 0. The summed E-state index contributed by atoms with van der Waals surface area (Å²) in [4.78, 5) is 0. The zero-order valence-corrected chi connectivity index (χ0v) is 17.9. The van der Waals surface area contributed by atoms with Crippen LogP contribution in [0.1, 0.15) is 50.3 Å². The molecule has 1 unspecified atom stereocenters. The molecule has 2 aromatic rings. The molecule has 1 fully saturated rings. The van der Waals surface area contributed by atoms with Gasteiger partial charge in [0.25, 0.3) is 0 Å². The maximum absolute atomic E-state index is 10.8. The van der Waals surface area contributed by atoms with Crippen molar-refractivity contribution in [3.8, 4) is 5.75 Å². The second kappa shape index (κ2) is 8.67. The molecule has 28 heavy (non-hydrogen) atoms. The van der Waals surface area contributed by atoms with Gasteiger partial charge in [0.15, 0.2) is 0 Å². The SMILES string of the molecule is Cc1ccc(OCC(O)C[N+]2(Cc3ccccc3)CCCC2)c(C(C)(C)C)c1. The predicted molar refractivity (Wildman–Crippen MR) is 116 cm³/mol. The van der Waals surface area contributed by atoms with Gasteiger partial charge in [-0.2, -0.15) is 0 Å². The Hall–Kier alpha value is -1.84. The Morgan fingerprint density at radius 3 is 2.36 bits per heavy atom. The molecule has 1 N–H and O–H groups in total. The molecule has 3 heteroatoms. The largest absolute Gasteiger partial charge is 0.490 e. The van der Waals surface area contributed by atoms with Crippen LogP contribution in [0.25, 0.3) is 0 Å². The van der Waals surface area contributed by atoms with E-state index in [2.05, 4.69) is 70.2 Å². The van der Waals surface area contributed by atoms with E-state index in [1.165, 1.54) is 29.5 Å². The van der Waals surface area contributed by atoms with E-state index in [-0.39, 0.29) is 5.41 Å². The van der Waals surface area contributed by atoms with Gasteiger partial charge in [0.05, 0.1) is 13.1 Å². The number of hydrogen-bond acceptors (Lipinski definition) is 2. The molecule has 1 aliphatic rings. The lowest BCUT2D eigenvalue weighted by atomic mass is 9.85. The Kier molecular flexibility index (Phi) is 6.47. The minimum absolute atomic E-state index is 0.0162. The topological polar surface area (TPSA) is 29.5 Å². The van der Waals surface area contributed by atoms with Crippen LogP contribution >= 0.6 is 0 Å². The number of nitrogens with zero attached hydrogens (tertiary/aromatic N) is 1. The molecular weight excluding hydrogens is 346 g/mol. The van der Waals surface area contributed by atoms with Crippen LogP contribution in [0.4, 0.5) is 0 Å². The van der Waals surface area contributed by atoms with Gasteiger partial charge in [0.1, 0.15) is 31.5 Å². The van der Waals surface area contributed by atoms with Crippen LogP contribution in [0, 0.1) is 6.92 Å². The third-order valence-electron chi connectivity index (χ3n) is 5.85. The van der Waals surface area contributed by atoms with Gasteiger partial charge in [-0.05, 0) is 24.0 Å². The maximum Gasteiger partial charge on any atom is 0.137 e. The Labute approximate surface area is 170 Å². The number of ether oxygens (including phenoxy) is 1. The number of quaternary nitrogens is 1. The van der Waals surface area contributed by atoms with Gasteiger partial charge >= 0.3 is 0 Å². The minimum Gasteiger partial charge on any atom is -0.490 e. The average Bonchev–Trinajstić information content (AvgIpc) is 3.08. The van der Waals surface area contributed by atoms with Crippen molar-refractivity contribution in [1.29, 1.82) is 0 Å². The minimum atomic E-state index is -0.462. The van der Waals surface area contributed by atoms with Gasteiger partial charge in [0.2, 0.25) is 0 Å². The highest BCUT2D eigenvalue weighted by atomic mass is 16.5. The standard InChI is InChI=1S/C25H36NO2/c1-20-12-13-24(23(16-20)25(2,3)4)28-19-22(27)18-26(14-8-9-15-26)17-21-10-6-5-7-11-21/h5-7,10-13,16,22,27H,8-9,14-15,17-19H2,1-4H3/q+1. The van der Waals surface area contributed by atoms with Crippen molar-refractivity contribution in [3.63, 3.8) is 0 Å². The fourth-order valence-electron chi connectivity index (χ4n) is 4.42. The second-order valence-electron chi connectivity index (χ2n) is 9.54. The fourth-order valence-corrected chi connectivity index (χ4v) is 4.42. The lowest BCUT2D eigenvalue weighted by Crippen LogP contribution is -2.50. The van der Waals surface area contributed by atoms with Crippen LogP contribution in [0.2, 0.25) is 0 Å². The first-order chi connectivity index (χ1) is 13.3. The van der Waals surface area contributed by atoms with Crippen LogP contribution < -0.4 is 4.74 Å². The summed E-state index contributed by atoms with van der Waals surface area (Å²) < 4.78 is 7.09. The molecule has 0 radical (unpaired) electrons. The number of hydrogen-bond donors (Lipinski definition) is 1. The van der Waals surface area contributed by atoms with Crippen LogP contribution in [0.3, 0.4) is 0 Å². The Balaban J connectivity index is 1.65. The van der Waals surface area contributed by atoms with Gasteiger partial charge in [0, 0.05) is 18.4 Å². The molecule has 3 rings (SSSR count). The average molecular weight is 383 g/mol. The second-order valence-corrected chi connectivity index (χ2v) is 9.54. The third kappa shape index (κ3) is 5.36. The zero-order chi connectivity index (χ0) is 20.2. The van der Waals surface area contributed by atoms with E-state index in [4.69, 9.17) is 4.74 Å². The van der Waals surface area contributed by atoms with Gasteiger partial charge < -0.3 is 14.3 Å². The van der Waals surface area contributed by atoms with E-state index in [1.54, 1.807) is 0 Å². The van der Waals surface area contributed by atoms with E-state index >= 15 is 0 Å². The van der Waals surface area contributed by atoms with Crippen LogP contribution in [0.15, 0.2) is 48.5 Å². The number of aliphatic hydroxyl groups is 1. The Bertz CT molecular complexity index is 758. The summed E-state index contributed by atoms with van der Waals surface area (Å²) in [6.07, 6.45) is 2.02. The highest BCUT2D eigenvalue weighted by Gasteiger charge is 2.34. The molecule has 0 amide bonds. The Morgan fingerprint density at radius 1 is 1.04 bits per heavy atom. The molecule has 0 aliphatic carbocycles. The first-order valence-corrected chi connectivity index (χ1v) is 10.6. The first kappa shape index (κ1) is 20.9. The van der Waals surface area contributed by atoms with Gasteiger partial charge in [-0.15, -0.1) is 0 Å². The lowest BCUT2D eigenvalue weighted by molar-refractivity contribution is -0.932. The first-order valence-electron chi connectivity index (χ1n) is 10.6. The van der Waals surface area contributed by atoms with E-state index < -0.39 is 6.10 Å². The molecule has 1 heterocycles. The molecule has 1 atom stereocenters. The quantitative estimate of drug-likeness (QED) is 0.694. The molecule has 1 saturated heterocycles. The van der Waals surface area contributed by atoms with Crippen molar-refractivity contribution in [2.75, 3.05) is 26.2 Å². The molecule has 1 aliphatic heterocycles. The summed E-state index contributed by atoms with van der Waals surface area (Å²) in [6, 6.07) is 17.0. The highest BCUT2D eigenvalue weighted by Crippen LogP contribution is 2.32. The predicted octanol–water partition coefficient (Wildman–Crippen LogP) is 4.84. The van der Waals surface area contributed by atoms with E-state index in [9.17, 15) is 5.11 Å². The van der Waals surface area contributed by atoms with Crippen molar-refractivity contribution in [2.24, 2.45) is 0 Å². The van der Waals surface area contributed by atoms with Crippen molar-refractivity contribution in [3.05, 3.63) is 65.2 Å². The number of likely N-dealkylation sites (tertiary alicyclic amines) is 1. The van der Waals surface area contributed by atoms with Crippen molar-refractivity contribution in [2.45, 2.75) is 58.6 Å². The van der Waals surface area contributed by atoms with E-state index in [0.717, 1.165) is 36.4 Å². The number of aliphatic hydroxyl groups excluding tert-OH is 1. The summed E-state index contributed by atoms with van der Waals surface area (Å²) in [5.74, 6) is 0.896. The molecule has 0 saturated carbocycles. The van der Waals surface area contributed by atoms with Gasteiger partial charge in [-0.3, -0.25) is 0 Å². The molecule has 0 aromatic heterocycles. The highest BCUT2D eigenvalue weighted by molar-refractivity contribution is 5.41. The molecule has 0 spiro atoms. The molecular formula is C25H36NO2+. The van der Waals surface area contributed by atoms with E-state index in [0.29, 0.717) is 6.61 Å². The third-order valence-corrected chi connectivity index (χ3v) is 5.85. The van der Waals surface area contributed by atoms with Crippen molar-refractivity contribution in [1.82, 2.24) is 0 Å². The molecule has 2 aromatic carbocycles. The molecule has 3 nitrogen and oxygen atoms in total. The lowest BCUT2D eigenvalue weighted by Gasteiger charge is -2.36. The number of rotatable bonds is 7. The summed E-state index contributed by atoms with van der Waals surface area (Å²) in [5.41, 5.74) is 3.81. The molecule has 152 valence electrons. The smallest absolute Gasteiger partial charge is 0.137 e. The van der Waals surface area contributed by atoms with Gasteiger partial charge in [-0.25, -0.2) is 0 Å². The Morgan fingerprint density at radius 2 is 1.71 bits per heavy atom. The van der Waals surface area contributed by atoms with E-state index in [1.807, 2.05) is 6.07 Å². The van der Waals surface area contributed by atoms with Crippen LogP contribution in [0.5, 0.6) is 5.75 Å². The monoisotopic (exact) mass is 382 g/mol. The summed E-state index contributed by atoms with van der Waals surface area (Å²) in [6.45, 7) is 13.1. The molecule has 0 bridgehead atoms.